The second-order valence-electron chi connectivity index (χ2n) is 19.8. The summed E-state index contributed by atoms with van der Waals surface area (Å²) in [7, 11) is 0. The fourth-order valence-electron chi connectivity index (χ4n) is 7.81. The SMILES string of the molecule is CC/C=C\C/C=C\C/C=C\C/C=C\C/C=C\C/C=C\C/C=C\CCCCCCCC(=O)OCC(COC(=O)CCCCC/C=C\C/C=C\C/C=C\CC)OC(=O)CCCCCCC/C=C\C/C=C\C/C=C\C/C=C\C/C=C\CC. The van der Waals surface area contributed by atoms with Gasteiger partial charge in [0, 0.05) is 19.3 Å². The highest BCUT2D eigenvalue weighted by Crippen LogP contribution is 2.13. The van der Waals surface area contributed by atoms with Crippen molar-refractivity contribution in [2.45, 2.75) is 245 Å². The first kappa shape index (κ1) is 73.5. The molecule has 1 atom stereocenters. The lowest BCUT2D eigenvalue weighted by atomic mass is 10.1. The molecule has 0 aromatic heterocycles. The van der Waals surface area contributed by atoms with Crippen molar-refractivity contribution in [2.75, 3.05) is 13.2 Å². The van der Waals surface area contributed by atoms with Crippen molar-refractivity contribution in [1.29, 1.82) is 0 Å². The molecule has 0 fully saturated rings. The number of hydrogen-bond acceptors (Lipinski definition) is 6. The summed E-state index contributed by atoms with van der Waals surface area (Å²) in [6.07, 6.45) is 97.5. The van der Waals surface area contributed by atoms with Crippen molar-refractivity contribution in [2.24, 2.45) is 0 Å². The number of hydrogen-bond donors (Lipinski definition) is 0. The summed E-state index contributed by atoms with van der Waals surface area (Å²) in [6.45, 7) is 6.22. The van der Waals surface area contributed by atoms with Gasteiger partial charge < -0.3 is 14.2 Å². The van der Waals surface area contributed by atoms with E-state index in [1.807, 2.05) is 0 Å². The number of ether oxygens (including phenoxy) is 3. The molecule has 0 aliphatic heterocycles. The molecule has 0 bridgehead atoms. The molecule has 0 aliphatic rings. The molecule has 440 valence electrons. The Morgan fingerprint density at radius 2 is 0.456 bits per heavy atom. The minimum atomic E-state index is -0.821. The lowest BCUT2D eigenvalue weighted by Gasteiger charge is -2.18. The average Bonchev–Trinajstić information content (AvgIpc) is 3.45. The van der Waals surface area contributed by atoms with Crippen LogP contribution in [0.25, 0.3) is 0 Å². The highest BCUT2D eigenvalue weighted by Gasteiger charge is 2.19. The van der Waals surface area contributed by atoms with Crippen molar-refractivity contribution in [3.63, 3.8) is 0 Å². The van der Waals surface area contributed by atoms with Crippen LogP contribution in [0.3, 0.4) is 0 Å². The molecule has 0 aromatic carbocycles. The monoisotopic (exact) mass is 1080 g/mol. The number of allylic oxidation sites excluding steroid dienone is 30. The van der Waals surface area contributed by atoms with Crippen LogP contribution in [0, 0.1) is 0 Å². The molecule has 0 amide bonds. The first-order chi connectivity index (χ1) is 39.0. The summed E-state index contributed by atoms with van der Waals surface area (Å²) in [5.74, 6) is -0.991. The van der Waals surface area contributed by atoms with Gasteiger partial charge in [-0.3, -0.25) is 14.4 Å². The average molecular weight is 1090 g/mol. The van der Waals surface area contributed by atoms with Crippen LogP contribution >= 0.6 is 0 Å². The van der Waals surface area contributed by atoms with Crippen LogP contribution in [0.1, 0.15) is 239 Å². The minimum absolute atomic E-state index is 0.116. The van der Waals surface area contributed by atoms with Crippen molar-refractivity contribution < 1.29 is 28.6 Å². The Hall–Kier alpha value is -5.49. The van der Waals surface area contributed by atoms with Crippen LogP contribution in [0.15, 0.2) is 182 Å². The maximum absolute atomic E-state index is 12.9. The van der Waals surface area contributed by atoms with Crippen LogP contribution in [0.2, 0.25) is 0 Å². The van der Waals surface area contributed by atoms with Crippen molar-refractivity contribution in [1.82, 2.24) is 0 Å². The summed E-state index contributed by atoms with van der Waals surface area (Å²) >= 11 is 0. The first-order valence-corrected chi connectivity index (χ1v) is 31.3. The van der Waals surface area contributed by atoms with Crippen LogP contribution in [0.5, 0.6) is 0 Å². The zero-order valence-corrected chi connectivity index (χ0v) is 50.3. The number of carbonyl (C=O) groups excluding carboxylic acids is 3. The maximum atomic E-state index is 12.9. The number of rotatable bonds is 54. The van der Waals surface area contributed by atoms with E-state index < -0.39 is 6.10 Å². The van der Waals surface area contributed by atoms with Gasteiger partial charge in [0.25, 0.3) is 0 Å². The van der Waals surface area contributed by atoms with Gasteiger partial charge in [-0.2, -0.15) is 0 Å². The van der Waals surface area contributed by atoms with E-state index in [-0.39, 0.29) is 37.5 Å². The number of esters is 3. The van der Waals surface area contributed by atoms with Gasteiger partial charge >= 0.3 is 17.9 Å². The smallest absolute Gasteiger partial charge is 0.306 e. The molecule has 0 aromatic rings. The van der Waals surface area contributed by atoms with E-state index >= 15 is 0 Å². The fourth-order valence-corrected chi connectivity index (χ4v) is 7.81. The number of unbranched alkanes of at least 4 members (excludes halogenated alkanes) is 13. The molecule has 0 rings (SSSR count). The summed E-state index contributed by atoms with van der Waals surface area (Å²) in [6, 6.07) is 0. The zero-order chi connectivity index (χ0) is 57.1. The van der Waals surface area contributed by atoms with E-state index in [0.29, 0.717) is 12.8 Å². The Labute approximate surface area is 484 Å². The van der Waals surface area contributed by atoms with E-state index in [2.05, 4.69) is 203 Å². The Kier molecular flexibility index (Phi) is 60.5. The molecule has 0 heterocycles. The van der Waals surface area contributed by atoms with E-state index in [4.69, 9.17) is 14.2 Å². The zero-order valence-electron chi connectivity index (χ0n) is 50.3. The second-order valence-corrected chi connectivity index (χ2v) is 19.8. The van der Waals surface area contributed by atoms with Crippen molar-refractivity contribution >= 4 is 17.9 Å². The largest absolute Gasteiger partial charge is 0.462 e. The third-order valence-electron chi connectivity index (χ3n) is 12.4. The maximum Gasteiger partial charge on any atom is 0.306 e. The summed E-state index contributed by atoms with van der Waals surface area (Å²) in [5.41, 5.74) is 0. The Balaban J connectivity index is 4.48. The molecule has 6 heteroatoms. The van der Waals surface area contributed by atoms with Gasteiger partial charge in [0.05, 0.1) is 0 Å². The Bertz CT molecular complexity index is 1870. The normalized spacial score (nSPS) is 13.4. The predicted octanol–water partition coefficient (Wildman–Crippen LogP) is 21.7. The summed E-state index contributed by atoms with van der Waals surface area (Å²) < 4.78 is 16.8. The number of carbonyl (C=O) groups is 3. The quantitative estimate of drug-likeness (QED) is 0.0261. The molecule has 0 saturated carbocycles. The molecular weight excluding hydrogens is 973 g/mol. The molecule has 0 aliphatic carbocycles. The standard InChI is InChI=1S/C73H112O6/c1-4-7-10-13-16-19-22-25-27-29-31-33-34-35-36-37-38-40-41-43-45-48-51-54-57-60-63-66-72(75)78-69-70(68-77-71(74)65-62-59-56-53-50-47-24-21-18-15-12-9-6-3)79-73(76)67-64-61-58-55-52-49-46-44-42-39-32-30-28-26-23-20-17-14-11-8-5-2/h7-12,16-21,25-28,31-33,35-36,38-40,43-47,50,70H,4-6,13-15,22-24,29-30,34,37,41-42,48-49,51-69H2,1-3H3/b10-7-,11-8-,12-9-,19-16-,20-17-,21-18-,27-25-,28-26-,33-31-,36-35-,39-32-,40-38-,45-43-,46-44-,50-47-. The lowest BCUT2D eigenvalue weighted by molar-refractivity contribution is -0.167. The third kappa shape index (κ3) is 63.2. The highest BCUT2D eigenvalue weighted by molar-refractivity contribution is 5.71. The van der Waals surface area contributed by atoms with E-state index in [1.165, 1.54) is 0 Å². The van der Waals surface area contributed by atoms with Gasteiger partial charge in [-0.05, 0) is 154 Å². The lowest BCUT2D eigenvalue weighted by Crippen LogP contribution is -2.30. The van der Waals surface area contributed by atoms with Crippen LogP contribution in [-0.2, 0) is 28.6 Å². The van der Waals surface area contributed by atoms with E-state index in [0.717, 1.165) is 199 Å². The predicted molar refractivity (Wildman–Crippen MR) is 343 cm³/mol. The van der Waals surface area contributed by atoms with Crippen molar-refractivity contribution in [3.05, 3.63) is 182 Å². The molecule has 0 spiro atoms. The van der Waals surface area contributed by atoms with Crippen LogP contribution in [0.4, 0.5) is 0 Å². The molecular formula is C73H112O6. The van der Waals surface area contributed by atoms with Gasteiger partial charge in [-0.15, -0.1) is 0 Å². The first-order valence-electron chi connectivity index (χ1n) is 31.3. The van der Waals surface area contributed by atoms with E-state index in [1.54, 1.807) is 0 Å². The Morgan fingerprint density at radius 3 is 0.722 bits per heavy atom. The second kappa shape index (κ2) is 65.0. The molecule has 6 nitrogen and oxygen atoms in total. The molecule has 0 N–H and O–H groups in total. The Morgan fingerprint density at radius 1 is 0.253 bits per heavy atom. The van der Waals surface area contributed by atoms with Gasteiger partial charge in [0.15, 0.2) is 6.10 Å². The third-order valence-corrected chi connectivity index (χ3v) is 12.4. The van der Waals surface area contributed by atoms with E-state index in [9.17, 15) is 14.4 Å². The molecule has 0 saturated heterocycles. The summed E-state index contributed by atoms with van der Waals surface area (Å²) in [4.78, 5) is 38.3. The topological polar surface area (TPSA) is 78.9 Å². The van der Waals surface area contributed by atoms with Gasteiger partial charge in [-0.25, -0.2) is 0 Å². The molecule has 79 heavy (non-hydrogen) atoms. The van der Waals surface area contributed by atoms with Crippen LogP contribution in [-0.4, -0.2) is 37.2 Å². The van der Waals surface area contributed by atoms with Crippen LogP contribution < -0.4 is 0 Å². The molecule has 1 unspecified atom stereocenters. The highest BCUT2D eigenvalue weighted by atomic mass is 16.6. The van der Waals surface area contributed by atoms with Crippen molar-refractivity contribution in [3.8, 4) is 0 Å². The summed E-state index contributed by atoms with van der Waals surface area (Å²) in [5, 5.41) is 0. The minimum Gasteiger partial charge on any atom is -0.462 e. The fraction of sp³-hybridized carbons (Fsp3) is 0.548. The van der Waals surface area contributed by atoms with Gasteiger partial charge in [0.1, 0.15) is 13.2 Å². The van der Waals surface area contributed by atoms with Gasteiger partial charge in [-0.1, -0.05) is 248 Å². The van der Waals surface area contributed by atoms with Gasteiger partial charge in [0.2, 0.25) is 0 Å². The molecule has 0 radical (unpaired) electrons.